The highest BCUT2D eigenvalue weighted by molar-refractivity contribution is 6.13. The maximum atomic E-state index is 11.9. The number of benzene rings is 1. The summed E-state index contributed by atoms with van der Waals surface area (Å²) < 4.78 is 10.5. The molecule has 1 aliphatic rings. The van der Waals surface area contributed by atoms with Gasteiger partial charge in [0.05, 0.1) is 12.7 Å². The summed E-state index contributed by atoms with van der Waals surface area (Å²) in [5.74, 6) is 0.111. The van der Waals surface area contributed by atoms with Gasteiger partial charge in [0.25, 0.3) is 5.91 Å². The highest BCUT2D eigenvalue weighted by Gasteiger charge is 2.30. The number of amides is 3. The van der Waals surface area contributed by atoms with Crippen molar-refractivity contribution in [3.8, 4) is 11.3 Å². The number of methoxy groups -OCH3 is 1. The van der Waals surface area contributed by atoms with E-state index in [2.05, 4.69) is 5.32 Å². The molecule has 3 amide bonds. The third-order valence-electron chi connectivity index (χ3n) is 4.00. The minimum Gasteiger partial charge on any atom is -0.465 e. The van der Waals surface area contributed by atoms with Crippen molar-refractivity contribution in [1.82, 2.24) is 10.2 Å². The average Bonchev–Trinajstić information content (AvgIpc) is 3.15. The third kappa shape index (κ3) is 2.91. The van der Waals surface area contributed by atoms with Gasteiger partial charge in [-0.25, -0.2) is 9.59 Å². The van der Waals surface area contributed by atoms with Gasteiger partial charge in [-0.1, -0.05) is 12.1 Å². The zero-order valence-corrected chi connectivity index (χ0v) is 14.0. The molecule has 2 heterocycles. The van der Waals surface area contributed by atoms with E-state index in [9.17, 15) is 14.4 Å². The minimum atomic E-state index is -0.482. The van der Waals surface area contributed by atoms with Gasteiger partial charge in [-0.05, 0) is 30.7 Å². The second-order valence-electron chi connectivity index (χ2n) is 5.52. The van der Waals surface area contributed by atoms with Gasteiger partial charge in [-0.15, -0.1) is 0 Å². The SMILES string of the molecule is COC(=O)c1cccc(-c2ccc(/C=C3/NC(=O)N(C)C3=O)o2)c1C. The van der Waals surface area contributed by atoms with E-state index in [1.807, 2.05) is 6.07 Å². The van der Waals surface area contributed by atoms with Crippen LogP contribution in [0.2, 0.25) is 0 Å². The van der Waals surface area contributed by atoms with Crippen LogP contribution < -0.4 is 5.32 Å². The molecule has 1 saturated heterocycles. The number of ether oxygens (including phenoxy) is 1. The molecule has 1 aromatic carbocycles. The van der Waals surface area contributed by atoms with Gasteiger partial charge in [0.2, 0.25) is 0 Å². The van der Waals surface area contributed by atoms with Crippen molar-refractivity contribution in [3.05, 3.63) is 52.9 Å². The molecule has 2 aromatic rings. The van der Waals surface area contributed by atoms with Crippen molar-refractivity contribution in [2.45, 2.75) is 6.92 Å². The van der Waals surface area contributed by atoms with E-state index in [4.69, 9.17) is 9.15 Å². The number of furan rings is 1. The van der Waals surface area contributed by atoms with Crippen LogP contribution in [0.5, 0.6) is 0 Å². The van der Waals surface area contributed by atoms with Crippen LogP contribution >= 0.6 is 0 Å². The first kappa shape index (κ1) is 16.5. The Balaban J connectivity index is 1.94. The first-order valence-electron chi connectivity index (χ1n) is 7.51. The minimum absolute atomic E-state index is 0.147. The summed E-state index contributed by atoms with van der Waals surface area (Å²) in [6.07, 6.45) is 1.47. The van der Waals surface area contributed by atoms with Crippen molar-refractivity contribution in [1.29, 1.82) is 0 Å². The zero-order chi connectivity index (χ0) is 18.1. The predicted octanol–water partition coefficient (Wildman–Crippen LogP) is 2.56. The summed E-state index contributed by atoms with van der Waals surface area (Å²) in [5, 5.41) is 2.47. The maximum absolute atomic E-state index is 11.9. The molecule has 7 heteroatoms. The second kappa shape index (κ2) is 6.27. The molecule has 0 atom stereocenters. The normalized spacial score (nSPS) is 15.6. The highest BCUT2D eigenvalue weighted by atomic mass is 16.5. The summed E-state index contributed by atoms with van der Waals surface area (Å²) in [6.45, 7) is 1.80. The summed E-state index contributed by atoms with van der Waals surface area (Å²) in [6, 6.07) is 8.19. The number of imide groups is 1. The third-order valence-corrected chi connectivity index (χ3v) is 4.00. The molecule has 0 aliphatic carbocycles. The number of nitrogens with one attached hydrogen (secondary N) is 1. The Hall–Kier alpha value is -3.35. The van der Waals surface area contributed by atoms with Crippen molar-refractivity contribution in [2.75, 3.05) is 14.2 Å². The number of hydrogen-bond acceptors (Lipinski definition) is 5. The Morgan fingerprint density at radius 2 is 2.00 bits per heavy atom. The fourth-order valence-electron chi connectivity index (χ4n) is 2.57. The fraction of sp³-hybridized carbons (Fsp3) is 0.167. The van der Waals surface area contributed by atoms with E-state index in [1.165, 1.54) is 20.2 Å². The molecule has 25 heavy (non-hydrogen) atoms. The van der Waals surface area contributed by atoms with Gasteiger partial charge >= 0.3 is 12.0 Å². The molecule has 0 spiro atoms. The number of carbonyl (C=O) groups excluding carboxylic acids is 3. The fourth-order valence-corrected chi connectivity index (χ4v) is 2.57. The molecule has 1 aromatic heterocycles. The van der Waals surface area contributed by atoms with Gasteiger partial charge in [0.1, 0.15) is 17.2 Å². The van der Waals surface area contributed by atoms with E-state index >= 15 is 0 Å². The average molecular weight is 340 g/mol. The van der Waals surface area contributed by atoms with Gasteiger partial charge in [0, 0.05) is 18.7 Å². The lowest BCUT2D eigenvalue weighted by atomic mass is 10.0. The van der Waals surface area contributed by atoms with Gasteiger partial charge < -0.3 is 14.5 Å². The maximum Gasteiger partial charge on any atom is 0.338 e. The van der Waals surface area contributed by atoms with Crippen LogP contribution in [0.1, 0.15) is 21.7 Å². The Morgan fingerprint density at radius 1 is 1.24 bits per heavy atom. The quantitative estimate of drug-likeness (QED) is 0.527. The summed E-state index contributed by atoms with van der Waals surface area (Å²) in [7, 11) is 2.73. The summed E-state index contributed by atoms with van der Waals surface area (Å²) in [5.41, 5.74) is 2.07. The lowest BCUT2D eigenvalue weighted by molar-refractivity contribution is -0.121. The second-order valence-corrected chi connectivity index (χ2v) is 5.52. The van der Waals surface area contributed by atoms with E-state index in [0.29, 0.717) is 17.1 Å². The molecule has 128 valence electrons. The number of esters is 1. The first-order chi connectivity index (χ1) is 11.9. The molecular weight excluding hydrogens is 324 g/mol. The standard InChI is InChI=1S/C18H16N2O5/c1-10-12(5-4-6-13(10)17(22)24-3)15-8-7-11(25-15)9-14-16(21)20(2)18(23)19-14/h4-9H,1-3H3,(H,19,23)/b14-9+. The number of likely N-dealkylation sites (N-methyl/N-ethyl adjacent to an activating group) is 1. The van der Waals surface area contributed by atoms with Crippen LogP contribution in [-0.2, 0) is 9.53 Å². The van der Waals surface area contributed by atoms with Crippen LogP contribution in [0.15, 0.2) is 40.4 Å². The summed E-state index contributed by atoms with van der Waals surface area (Å²) >= 11 is 0. The number of nitrogens with zero attached hydrogens (tertiary/aromatic N) is 1. The van der Waals surface area contributed by atoms with E-state index in [1.54, 1.807) is 31.2 Å². The monoisotopic (exact) mass is 340 g/mol. The molecule has 0 bridgehead atoms. The Bertz CT molecular complexity index is 910. The van der Waals surface area contributed by atoms with E-state index in [0.717, 1.165) is 16.0 Å². The summed E-state index contributed by atoms with van der Waals surface area (Å²) in [4.78, 5) is 36.1. The van der Waals surface area contributed by atoms with Gasteiger partial charge in [0.15, 0.2) is 0 Å². The molecule has 0 unspecified atom stereocenters. The first-order valence-corrected chi connectivity index (χ1v) is 7.51. The van der Waals surface area contributed by atoms with Gasteiger partial charge in [-0.2, -0.15) is 0 Å². The van der Waals surface area contributed by atoms with E-state index in [-0.39, 0.29) is 5.70 Å². The molecule has 1 aliphatic heterocycles. The van der Waals surface area contributed by atoms with Crippen LogP contribution in [0.3, 0.4) is 0 Å². The lowest BCUT2D eigenvalue weighted by Gasteiger charge is -2.07. The lowest BCUT2D eigenvalue weighted by Crippen LogP contribution is -2.25. The number of rotatable bonds is 3. The van der Waals surface area contributed by atoms with Crippen LogP contribution in [0, 0.1) is 6.92 Å². The molecule has 1 fully saturated rings. The van der Waals surface area contributed by atoms with Crippen molar-refractivity contribution in [2.24, 2.45) is 0 Å². The van der Waals surface area contributed by atoms with Crippen molar-refractivity contribution < 1.29 is 23.5 Å². The smallest absolute Gasteiger partial charge is 0.338 e. The molecule has 0 radical (unpaired) electrons. The van der Waals surface area contributed by atoms with Crippen molar-refractivity contribution >= 4 is 24.0 Å². The predicted molar refractivity (Wildman–Crippen MR) is 89.5 cm³/mol. The molecule has 1 N–H and O–H groups in total. The van der Waals surface area contributed by atoms with E-state index < -0.39 is 17.9 Å². The Kier molecular flexibility index (Phi) is 4.14. The topological polar surface area (TPSA) is 88.9 Å². The highest BCUT2D eigenvalue weighted by Crippen LogP contribution is 2.28. The largest absolute Gasteiger partial charge is 0.465 e. The van der Waals surface area contributed by atoms with Crippen LogP contribution in [0.4, 0.5) is 4.79 Å². The van der Waals surface area contributed by atoms with Gasteiger partial charge in [-0.3, -0.25) is 9.69 Å². The Morgan fingerprint density at radius 3 is 2.64 bits per heavy atom. The molecule has 3 rings (SSSR count). The number of hydrogen-bond donors (Lipinski definition) is 1. The number of urea groups is 1. The molecular formula is C18H16N2O5. The van der Waals surface area contributed by atoms with Crippen LogP contribution in [-0.4, -0.2) is 37.0 Å². The van der Waals surface area contributed by atoms with Crippen molar-refractivity contribution in [3.63, 3.8) is 0 Å². The van der Waals surface area contributed by atoms with Crippen LogP contribution in [0.25, 0.3) is 17.4 Å². The Labute approximate surface area is 143 Å². The number of carbonyl (C=O) groups is 3. The molecule has 0 saturated carbocycles. The zero-order valence-electron chi connectivity index (χ0n) is 14.0. The molecule has 7 nitrogen and oxygen atoms in total.